The van der Waals surface area contributed by atoms with Gasteiger partial charge in [-0.05, 0) is 24.3 Å². The van der Waals surface area contributed by atoms with Crippen LogP contribution in [-0.4, -0.2) is 16.6 Å². The van der Waals surface area contributed by atoms with Gasteiger partial charge in [-0.25, -0.2) is 4.39 Å². The summed E-state index contributed by atoms with van der Waals surface area (Å²) >= 11 is 1.18. The highest BCUT2D eigenvalue weighted by Gasteiger charge is 2.06. The van der Waals surface area contributed by atoms with E-state index < -0.39 is 0 Å². The predicted molar refractivity (Wildman–Crippen MR) is 73.2 cm³/mol. The van der Waals surface area contributed by atoms with E-state index in [0.717, 1.165) is 5.69 Å². The maximum Gasteiger partial charge on any atom is 0.230 e. The molecule has 3 nitrogen and oxygen atoms in total. The minimum atomic E-state index is -0.301. The highest BCUT2D eigenvalue weighted by atomic mass is 32.2. The third-order valence-corrected chi connectivity index (χ3v) is 3.44. The lowest BCUT2D eigenvalue weighted by atomic mass is 10.3. The predicted octanol–water partition coefficient (Wildman–Crippen LogP) is 2.63. The van der Waals surface area contributed by atoms with E-state index in [-0.39, 0.29) is 17.5 Å². The molecule has 1 amide bonds. The molecule has 0 spiro atoms. The topological polar surface area (TPSA) is 42.0 Å². The van der Waals surface area contributed by atoms with Crippen LogP contribution in [0.3, 0.4) is 0 Å². The Hall–Kier alpha value is -1.88. The van der Waals surface area contributed by atoms with Crippen molar-refractivity contribution in [2.45, 2.75) is 11.4 Å². The number of hydrogen-bond acceptors (Lipinski definition) is 3. The van der Waals surface area contributed by atoms with E-state index in [2.05, 4.69) is 10.3 Å². The van der Waals surface area contributed by atoms with Gasteiger partial charge in [0.25, 0.3) is 0 Å². The molecule has 0 fully saturated rings. The first kappa shape index (κ1) is 13.5. The molecule has 19 heavy (non-hydrogen) atoms. The van der Waals surface area contributed by atoms with Gasteiger partial charge in [0.05, 0.1) is 18.0 Å². The summed E-state index contributed by atoms with van der Waals surface area (Å²) in [5.74, 6) is -0.253. The molecular weight excluding hydrogens is 263 g/mol. The van der Waals surface area contributed by atoms with Crippen molar-refractivity contribution in [1.82, 2.24) is 10.3 Å². The molecule has 0 saturated heterocycles. The van der Waals surface area contributed by atoms with Crippen molar-refractivity contribution in [3.8, 4) is 0 Å². The molecule has 0 radical (unpaired) electrons. The maximum absolute atomic E-state index is 13.3. The molecule has 0 saturated carbocycles. The number of hydrogen-bond donors (Lipinski definition) is 1. The van der Waals surface area contributed by atoms with Crippen molar-refractivity contribution in [1.29, 1.82) is 0 Å². The number of benzene rings is 1. The molecule has 5 heteroatoms. The zero-order valence-corrected chi connectivity index (χ0v) is 11.0. The van der Waals surface area contributed by atoms with Crippen LogP contribution in [0.4, 0.5) is 4.39 Å². The van der Waals surface area contributed by atoms with Crippen LogP contribution in [0.2, 0.25) is 0 Å². The maximum atomic E-state index is 13.3. The van der Waals surface area contributed by atoms with E-state index in [1.54, 1.807) is 24.4 Å². The van der Waals surface area contributed by atoms with Crippen LogP contribution in [0.5, 0.6) is 0 Å². The minimum absolute atomic E-state index is 0.140. The summed E-state index contributed by atoms with van der Waals surface area (Å²) < 4.78 is 13.3. The number of nitrogens with one attached hydrogen (secondary N) is 1. The summed E-state index contributed by atoms with van der Waals surface area (Å²) in [4.78, 5) is 16.2. The van der Waals surface area contributed by atoms with Crippen LogP contribution >= 0.6 is 11.8 Å². The zero-order valence-electron chi connectivity index (χ0n) is 10.2. The van der Waals surface area contributed by atoms with Gasteiger partial charge in [0.1, 0.15) is 5.82 Å². The smallest absolute Gasteiger partial charge is 0.230 e. The molecule has 0 bridgehead atoms. The van der Waals surface area contributed by atoms with Crippen molar-refractivity contribution in [2.75, 3.05) is 5.75 Å². The first-order valence-corrected chi connectivity index (χ1v) is 6.78. The summed E-state index contributed by atoms with van der Waals surface area (Å²) in [5, 5.41) is 2.74. The van der Waals surface area contributed by atoms with Crippen LogP contribution in [0.1, 0.15) is 5.69 Å². The fourth-order valence-electron chi connectivity index (χ4n) is 1.45. The molecule has 98 valence electrons. The van der Waals surface area contributed by atoms with E-state index in [0.29, 0.717) is 11.4 Å². The van der Waals surface area contributed by atoms with Crippen molar-refractivity contribution < 1.29 is 9.18 Å². The van der Waals surface area contributed by atoms with Crippen molar-refractivity contribution in [3.05, 3.63) is 60.2 Å². The van der Waals surface area contributed by atoms with Crippen LogP contribution in [0.15, 0.2) is 53.6 Å². The Morgan fingerprint density at radius 1 is 1.21 bits per heavy atom. The van der Waals surface area contributed by atoms with Gasteiger partial charge in [0.2, 0.25) is 5.91 Å². The number of pyridine rings is 1. The van der Waals surface area contributed by atoms with E-state index in [9.17, 15) is 9.18 Å². The normalized spacial score (nSPS) is 10.2. The molecular formula is C14H13FN2OS. The molecule has 2 rings (SSSR count). The average Bonchev–Trinajstić information content (AvgIpc) is 2.45. The molecule has 1 aromatic carbocycles. The van der Waals surface area contributed by atoms with Crippen molar-refractivity contribution in [3.63, 3.8) is 0 Å². The van der Waals surface area contributed by atoms with E-state index in [1.807, 2.05) is 18.2 Å². The van der Waals surface area contributed by atoms with Gasteiger partial charge >= 0.3 is 0 Å². The lowest BCUT2D eigenvalue weighted by Crippen LogP contribution is -2.24. The lowest BCUT2D eigenvalue weighted by Gasteiger charge is -2.05. The highest BCUT2D eigenvalue weighted by molar-refractivity contribution is 8.00. The van der Waals surface area contributed by atoms with Gasteiger partial charge in [-0.2, -0.15) is 0 Å². The first-order chi connectivity index (χ1) is 9.25. The molecule has 0 unspecified atom stereocenters. The van der Waals surface area contributed by atoms with E-state index in [4.69, 9.17) is 0 Å². The summed E-state index contributed by atoms with van der Waals surface area (Å²) in [6.45, 7) is 0.386. The summed E-state index contributed by atoms with van der Waals surface area (Å²) in [6, 6.07) is 11.9. The summed E-state index contributed by atoms with van der Waals surface area (Å²) in [5.41, 5.74) is 0.798. The lowest BCUT2D eigenvalue weighted by molar-refractivity contribution is -0.118. The van der Waals surface area contributed by atoms with Gasteiger partial charge < -0.3 is 5.32 Å². The van der Waals surface area contributed by atoms with E-state index >= 15 is 0 Å². The Labute approximate surface area is 115 Å². The average molecular weight is 276 g/mol. The standard InChI is InChI=1S/C14H13FN2OS/c15-12-6-1-2-7-13(12)19-10-14(18)17-9-11-5-3-4-8-16-11/h1-8H,9-10H2,(H,17,18). The number of aromatic nitrogens is 1. The largest absolute Gasteiger partial charge is 0.350 e. The Morgan fingerprint density at radius 2 is 2.00 bits per heavy atom. The van der Waals surface area contributed by atoms with Gasteiger partial charge in [0.15, 0.2) is 0 Å². The molecule has 1 aromatic heterocycles. The minimum Gasteiger partial charge on any atom is -0.350 e. The second-order valence-corrected chi connectivity index (χ2v) is 4.83. The molecule has 0 aliphatic carbocycles. The monoisotopic (exact) mass is 276 g/mol. The number of rotatable bonds is 5. The highest BCUT2D eigenvalue weighted by Crippen LogP contribution is 2.20. The fraction of sp³-hybridized carbons (Fsp3) is 0.143. The Morgan fingerprint density at radius 3 is 2.74 bits per heavy atom. The number of halogens is 1. The van der Waals surface area contributed by atoms with Crippen LogP contribution in [0, 0.1) is 5.82 Å². The number of thioether (sulfide) groups is 1. The number of carbonyl (C=O) groups is 1. The van der Waals surface area contributed by atoms with Gasteiger partial charge in [-0.15, -0.1) is 11.8 Å². The molecule has 2 aromatic rings. The van der Waals surface area contributed by atoms with Gasteiger partial charge in [-0.3, -0.25) is 9.78 Å². The third kappa shape index (κ3) is 4.37. The second kappa shape index (κ2) is 6.89. The molecule has 0 aliphatic rings. The quantitative estimate of drug-likeness (QED) is 0.854. The molecule has 1 N–H and O–H groups in total. The first-order valence-electron chi connectivity index (χ1n) is 5.79. The van der Waals surface area contributed by atoms with Gasteiger partial charge in [0, 0.05) is 11.1 Å². The zero-order chi connectivity index (χ0) is 13.5. The molecule has 0 aliphatic heterocycles. The Bertz CT molecular complexity index is 548. The van der Waals surface area contributed by atoms with Crippen LogP contribution in [0.25, 0.3) is 0 Å². The van der Waals surface area contributed by atoms with Gasteiger partial charge in [-0.1, -0.05) is 18.2 Å². The molecule has 1 heterocycles. The van der Waals surface area contributed by atoms with Crippen molar-refractivity contribution >= 4 is 17.7 Å². The summed E-state index contributed by atoms with van der Waals surface area (Å²) in [7, 11) is 0. The SMILES string of the molecule is O=C(CSc1ccccc1F)NCc1ccccn1. The Kier molecular flexibility index (Phi) is 4.92. The summed E-state index contributed by atoms with van der Waals surface area (Å²) in [6.07, 6.45) is 1.68. The fourth-order valence-corrected chi connectivity index (χ4v) is 2.22. The van der Waals surface area contributed by atoms with Crippen LogP contribution < -0.4 is 5.32 Å². The third-order valence-electron chi connectivity index (χ3n) is 2.39. The number of nitrogens with zero attached hydrogens (tertiary/aromatic N) is 1. The Balaban J connectivity index is 1.78. The molecule has 0 atom stereocenters. The van der Waals surface area contributed by atoms with Crippen LogP contribution in [-0.2, 0) is 11.3 Å². The second-order valence-electron chi connectivity index (χ2n) is 3.82. The van der Waals surface area contributed by atoms with Crippen molar-refractivity contribution in [2.24, 2.45) is 0 Å². The number of carbonyl (C=O) groups excluding carboxylic acids is 1. The van der Waals surface area contributed by atoms with E-state index in [1.165, 1.54) is 17.8 Å². The number of amides is 1.